The Labute approximate surface area is 116 Å². The van der Waals surface area contributed by atoms with Crippen LogP contribution >= 0.6 is 0 Å². The van der Waals surface area contributed by atoms with Crippen LogP contribution < -0.4 is 0 Å². The number of hydrogen-bond acceptors (Lipinski definition) is 4. The van der Waals surface area contributed by atoms with Crippen molar-refractivity contribution in [2.45, 2.75) is 40.5 Å². The van der Waals surface area contributed by atoms with Gasteiger partial charge in [-0.1, -0.05) is 20.8 Å². The van der Waals surface area contributed by atoms with Crippen LogP contribution in [0.25, 0.3) is 0 Å². The fourth-order valence-corrected chi connectivity index (χ4v) is 1.86. The molecule has 0 aliphatic carbocycles. The van der Waals surface area contributed by atoms with Crippen molar-refractivity contribution in [2.75, 3.05) is 39.3 Å². The van der Waals surface area contributed by atoms with Crippen molar-refractivity contribution in [3.8, 4) is 0 Å². The summed E-state index contributed by atoms with van der Waals surface area (Å²) in [4.78, 5) is 27.3. The van der Waals surface area contributed by atoms with E-state index in [9.17, 15) is 9.59 Å². The Bertz CT molecular complexity index is 263. The summed E-state index contributed by atoms with van der Waals surface area (Å²) in [6.45, 7) is 10.9. The van der Waals surface area contributed by atoms with Gasteiger partial charge in [0.05, 0.1) is 19.7 Å². The standard InChI is InChI=1S/C14H28N2O3/c1-5-9-16(10-6-2)13(17)11-15(7-3)12-14(18)19-8-4/h5-12H2,1-4H3. The van der Waals surface area contributed by atoms with Crippen LogP contribution in [0.2, 0.25) is 0 Å². The van der Waals surface area contributed by atoms with Gasteiger partial charge in [0.25, 0.3) is 0 Å². The Morgan fingerprint density at radius 2 is 1.53 bits per heavy atom. The summed E-state index contributed by atoms with van der Waals surface area (Å²) in [5.74, 6) is -0.176. The maximum atomic E-state index is 12.2. The predicted octanol–water partition coefficient (Wildman–Crippen LogP) is 1.52. The monoisotopic (exact) mass is 272 g/mol. The zero-order valence-electron chi connectivity index (χ0n) is 12.8. The van der Waals surface area contributed by atoms with Gasteiger partial charge in [0.15, 0.2) is 0 Å². The van der Waals surface area contributed by atoms with Gasteiger partial charge in [-0.3, -0.25) is 14.5 Å². The van der Waals surface area contributed by atoms with E-state index in [1.807, 2.05) is 16.7 Å². The van der Waals surface area contributed by atoms with Crippen LogP contribution in [0.3, 0.4) is 0 Å². The van der Waals surface area contributed by atoms with E-state index in [2.05, 4.69) is 13.8 Å². The molecule has 0 saturated carbocycles. The van der Waals surface area contributed by atoms with Gasteiger partial charge in [-0.15, -0.1) is 0 Å². The molecule has 0 unspecified atom stereocenters. The highest BCUT2D eigenvalue weighted by Crippen LogP contribution is 1.99. The fraction of sp³-hybridized carbons (Fsp3) is 0.857. The number of likely N-dealkylation sites (N-methyl/N-ethyl adjacent to an activating group) is 1. The Morgan fingerprint density at radius 1 is 0.947 bits per heavy atom. The molecule has 0 radical (unpaired) electrons. The van der Waals surface area contributed by atoms with E-state index < -0.39 is 0 Å². The third-order valence-corrected chi connectivity index (χ3v) is 2.80. The molecule has 0 spiro atoms. The summed E-state index contributed by atoms with van der Waals surface area (Å²) < 4.78 is 4.91. The molecule has 5 nitrogen and oxygen atoms in total. The van der Waals surface area contributed by atoms with E-state index in [0.29, 0.717) is 13.2 Å². The Balaban J connectivity index is 4.33. The minimum atomic E-state index is -0.269. The lowest BCUT2D eigenvalue weighted by Gasteiger charge is -2.25. The Kier molecular flexibility index (Phi) is 10.2. The van der Waals surface area contributed by atoms with Crippen LogP contribution in [0.4, 0.5) is 0 Å². The van der Waals surface area contributed by atoms with Crippen LogP contribution in [-0.4, -0.2) is 61.0 Å². The average molecular weight is 272 g/mol. The van der Waals surface area contributed by atoms with Gasteiger partial charge in [-0.05, 0) is 26.3 Å². The van der Waals surface area contributed by atoms with Gasteiger partial charge in [-0.25, -0.2) is 0 Å². The number of hydrogen-bond donors (Lipinski definition) is 0. The van der Waals surface area contributed by atoms with E-state index in [1.54, 1.807) is 6.92 Å². The largest absolute Gasteiger partial charge is 0.465 e. The van der Waals surface area contributed by atoms with Crippen molar-refractivity contribution in [3.05, 3.63) is 0 Å². The summed E-state index contributed by atoms with van der Waals surface area (Å²) in [5, 5.41) is 0. The highest BCUT2D eigenvalue weighted by Gasteiger charge is 2.17. The van der Waals surface area contributed by atoms with Crippen LogP contribution in [-0.2, 0) is 14.3 Å². The Morgan fingerprint density at radius 3 is 1.95 bits per heavy atom. The van der Waals surface area contributed by atoms with E-state index in [0.717, 1.165) is 25.9 Å². The number of carbonyl (C=O) groups excluding carboxylic acids is 2. The van der Waals surface area contributed by atoms with Crippen molar-refractivity contribution in [2.24, 2.45) is 0 Å². The number of esters is 1. The van der Waals surface area contributed by atoms with Crippen LogP contribution in [0.5, 0.6) is 0 Å². The van der Waals surface area contributed by atoms with Gasteiger partial charge in [-0.2, -0.15) is 0 Å². The number of carbonyl (C=O) groups is 2. The molecule has 1 amide bonds. The molecule has 0 saturated heterocycles. The molecule has 0 atom stereocenters. The minimum absolute atomic E-state index is 0.0925. The van der Waals surface area contributed by atoms with Crippen LogP contribution in [0.15, 0.2) is 0 Å². The Hall–Kier alpha value is -1.10. The molecule has 0 bridgehead atoms. The zero-order chi connectivity index (χ0) is 14.7. The van der Waals surface area contributed by atoms with E-state index in [1.165, 1.54) is 0 Å². The maximum Gasteiger partial charge on any atom is 0.320 e. The van der Waals surface area contributed by atoms with Crippen molar-refractivity contribution >= 4 is 11.9 Å². The molecule has 0 N–H and O–H groups in total. The van der Waals surface area contributed by atoms with Crippen molar-refractivity contribution in [3.63, 3.8) is 0 Å². The summed E-state index contributed by atoms with van der Waals surface area (Å²) in [6.07, 6.45) is 1.91. The molecule has 0 aromatic heterocycles. The van der Waals surface area contributed by atoms with Crippen LogP contribution in [0.1, 0.15) is 40.5 Å². The maximum absolute atomic E-state index is 12.2. The normalized spacial score (nSPS) is 10.6. The smallest absolute Gasteiger partial charge is 0.320 e. The average Bonchev–Trinajstić information content (AvgIpc) is 2.37. The van der Waals surface area contributed by atoms with Gasteiger partial charge in [0.2, 0.25) is 5.91 Å². The molecule has 0 fully saturated rings. The van der Waals surface area contributed by atoms with Crippen molar-refractivity contribution < 1.29 is 14.3 Å². The third-order valence-electron chi connectivity index (χ3n) is 2.80. The zero-order valence-corrected chi connectivity index (χ0v) is 12.8. The molecule has 0 aromatic carbocycles. The second-order valence-electron chi connectivity index (χ2n) is 4.49. The molecule has 19 heavy (non-hydrogen) atoms. The second-order valence-corrected chi connectivity index (χ2v) is 4.49. The number of nitrogens with zero attached hydrogens (tertiary/aromatic N) is 2. The molecular formula is C14H28N2O3. The van der Waals surface area contributed by atoms with Crippen molar-refractivity contribution in [1.29, 1.82) is 0 Å². The first kappa shape index (κ1) is 17.9. The lowest BCUT2D eigenvalue weighted by molar-refractivity contribution is -0.145. The van der Waals surface area contributed by atoms with E-state index in [-0.39, 0.29) is 25.0 Å². The van der Waals surface area contributed by atoms with Gasteiger partial charge in [0.1, 0.15) is 0 Å². The first-order valence-electron chi connectivity index (χ1n) is 7.24. The first-order valence-corrected chi connectivity index (χ1v) is 7.24. The highest BCUT2D eigenvalue weighted by atomic mass is 16.5. The lowest BCUT2D eigenvalue weighted by Crippen LogP contribution is -2.43. The predicted molar refractivity (Wildman–Crippen MR) is 75.9 cm³/mol. The quantitative estimate of drug-likeness (QED) is 0.566. The topological polar surface area (TPSA) is 49.9 Å². The van der Waals surface area contributed by atoms with Gasteiger partial charge in [0, 0.05) is 13.1 Å². The number of amides is 1. The number of ether oxygens (including phenoxy) is 1. The molecule has 0 rings (SSSR count). The van der Waals surface area contributed by atoms with Crippen molar-refractivity contribution in [1.82, 2.24) is 9.80 Å². The third kappa shape index (κ3) is 7.82. The van der Waals surface area contributed by atoms with E-state index in [4.69, 9.17) is 4.74 Å². The fourth-order valence-electron chi connectivity index (χ4n) is 1.86. The van der Waals surface area contributed by atoms with Gasteiger partial charge >= 0.3 is 5.97 Å². The molecular weight excluding hydrogens is 244 g/mol. The van der Waals surface area contributed by atoms with Gasteiger partial charge < -0.3 is 9.64 Å². The molecule has 5 heteroatoms. The molecule has 0 aromatic rings. The number of rotatable bonds is 10. The van der Waals surface area contributed by atoms with E-state index >= 15 is 0 Å². The summed E-state index contributed by atoms with van der Waals surface area (Å²) in [7, 11) is 0. The van der Waals surface area contributed by atoms with Crippen LogP contribution in [0, 0.1) is 0 Å². The molecule has 112 valence electrons. The summed E-state index contributed by atoms with van der Waals surface area (Å²) >= 11 is 0. The molecule has 0 aliphatic heterocycles. The summed E-state index contributed by atoms with van der Waals surface area (Å²) in [5.41, 5.74) is 0. The minimum Gasteiger partial charge on any atom is -0.465 e. The second kappa shape index (κ2) is 10.8. The first-order chi connectivity index (χ1) is 9.08. The SMILES string of the molecule is CCCN(CCC)C(=O)CN(CC)CC(=O)OCC. The molecule has 0 heterocycles. The molecule has 0 aliphatic rings. The highest BCUT2D eigenvalue weighted by molar-refractivity contribution is 5.79. The summed E-state index contributed by atoms with van der Waals surface area (Å²) in [6, 6.07) is 0. The lowest BCUT2D eigenvalue weighted by atomic mass is 10.3.